The maximum Gasteiger partial charge on any atom is 0.262 e. The van der Waals surface area contributed by atoms with Crippen molar-refractivity contribution in [3.63, 3.8) is 0 Å². The van der Waals surface area contributed by atoms with Crippen molar-refractivity contribution in [1.82, 2.24) is 0 Å². The second-order valence-corrected chi connectivity index (χ2v) is 7.02. The van der Waals surface area contributed by atoms with Crippen LogP contribution in [0.4, 0.5) is 30.2 Å². The number of halogens is 3. The third-order valence-electron chi connectivity index (χ3n) is 5.08. The van der Waals surface area contributed by atoms with Crippen molar-refractivity contribution in [2.75, 3.05) is 35.2 Å². The van der Waals surface area contributed by atoms with E-state index in [4.69, 9.17) is 4.74 Å². The maximum atomic E-state index is 13.4. The number of nitrogens with one attached hydrogen (secondary N) is 2. The lowest BCUT2D eigenvalue weighted by atomic mass is 9.95. The van der Waals surface area contributed by atoms with Gasteiger partial charge in [-0.1, -0.05) is 0 Å². The van der Waals surface area contributed by atoms with Gasteiger partial charge in [-0.25, -0.2) is 13.2 Å². The standard InChI is InChI=1S/C20H18F3N3O3/c21-14-8-13(9-15(22)19(14)23)26-5-3-11(4-6-26)20(28)24-12-1-2-17-16(7-12)25-18(27)10-29-17/h1-2,7-9,11H,3-6,10H2,(H,24,28)(H,25,27). The van der Waals surface area contributed by atoms with Gasteiger partial charge in [0, 0.05) is 42.5 Å². The number of piperidine rings is 1. The molecule has 0 aromatic heterocycles. The first-order chi connectivity index (χ1) is 13.9. The molecule has 29 heavy (non-hydrogen) atoms. The monoisotopic (exact) mass is 405 g/mol. The summed E-state index contributed by atoms with van der Waals surface area (Å²) in [4.78, 5) is 25.7. The van der Waals surface area contributed by atoms with Crippen LogP contribution >= 0.6 is 0 Å². The van der Waals surface area contributed by atoms with Gasteiger partial charge >= 0.3 is 0 Å². The van der Waals surface area contributed by atoms with Crippen molar-refractivity contribution in [3.8, 4) is 5.75 Å². The lowest BCUT2D eigenvalue weighted by molar-refractivity contribution is -0.120. The third-order valence-corrected chi connectivity index (χ3v) is 5.08. The topological polar surface area (TPSA) is 70.7 Å². The molecule has 2 heterocycles. The van der Waals surface area contributed by atoms with Crippen LogP contribution in [0.25, 0.3) is 0 Å². The van der Waals surface area contributed by atoms with Gasteiger partial charge in [-0.2, -0.15) is 0 Å². The van der Waals surface area contributed by atoms with Crippen LogP contribution < -0.4 is 20.3 Å². The van der Waals surface area contributed by atoms with Crippen molar-refractivity contribution in [2.45, 2.75) is 12.8 Å². The molecule has 1 saturated heterocycles. The number of ether oxygens (including phenoxy) is 1. The molecule has 2 N–H and O–H groups in total. The van der Waals surface area contributed by atoms with Crippen LogP contribution in [0.5, 0.6) is 5.75 Å². The second-order valence-electron chi connectivity index (χ2n) is 7.02. The highest BCUT2D eigenvalue weighted by atomic mass is 19.2. The van der Waals surface area contributed by atoms with Gasteiger partial charge in [0.15, 0.2) is 24.1 Å². The first kappa shape index (κ1) is 19.1. The molecule has 2 aromatic rings. The van der Waals surface area contributed by atoms with E-state index in [-0.39, 0.29) is 30.0 Å². The molecule has 2 amide bonds. The largest absolute Gasteiger partial charge is 0.482 e. The number of nitrogens with zero attached hydrogens (tertiary/aromatic N) is 1. The fraction of sp³-hybridized carbons (Fsp3) is 0.300. The third kappa shape index (κ3) is 3.98. The van der Waals surface area contributed by atoms with Gasteiger partial charge in [0.05, 0.1) is 5.69 Å². The Labute approximate surface area is 164 Å². The zero-order valence-electron chi connectivity index (χ0n) is 15.3. The fourth-order valence-corrected chi connectivity index (χ4v) is 3.53. The summed E-state index contributed by atoms with van der Waals surface area (Å²) >= 11 is 0. The van der Waals surface area contributed by atoms with Crippen molar-refractivity contribution >= 4 is 28.9 Å². The van der Waals surface area contributed by atoms with E-state index in [0.29, 0.717) is 43.1 Å². The van der Waals surface area contributed by atoms with E-state index in [0.717, 1.165) is 12.1 Å². The Morgan fingerprint density at radius 2 is 1.79 bits per heavy atom. The first-order valence-corrected chi connectivity index (χ1v) is 9.18. The molecule has 152 valence electrons. The second kappa shape index (κ2) is 7.65. The highest BCUT2D eigenvalue weighted by Gasteiger charge is 2.27. The Morgan fingerprint density at radius 3 is 2.48 bits per heavy atom. The first-order valence-electron chi connectivity index (χ1n) is 9.18. The summed E-state index contributed by atoms with van der Waals surface area (Å²) in [5.41, 5.74) is 1.28. The molecular weight excluding hydrogens is 387 g/mol. The molecule has 4 rings (SSSR count). The van der Waals surface area contributed by atoms with E-state index < -0.39 is 17.5 Å². The minimum Gasteiger partial charge on any atom is -0.482 e. The van der Waals surface area contributed by atoms with Gasteiger partial charge in [0.25, 0.3) is 5.91 Å². The summed E-state index contributed by atoms with van der Waals surface area (Å²) in [7, 11) is 0. The van der Waals surface area contributed by atoms with E-state index in [1.54, 1.807) is 23.1 Å². The van der Waals surface area contributed by atoms with Crippen LogP contribution in [0, 0.1) is 23.4 Å². The molecule has 0 bridgehead atoms. The summed E-state index contributed by atoms with van der Waals surface area (Å²) in [6.45, 7) is 0.784. The number of anilines is 3. The lowest BCUT2D eigenvalue weighted by Gasteiger charge is -2.33. The number of rotatable bonds is 3. The highest BCUT2D eigenvalue weighted by molar-refractivity contribution is 5.98. The van der Waals surface area contributed by atoms with Gasteiger partial charge < -0.3 is 20.3 Å². The molecule has 0 radical (unpaired) electrons. The lowest BCUT2D eigenvalue weighted by Crippen LogP contribution is -2.38. The molecule has 0 aliphatic carbocycles. The molecular formula is C20H18F3N3O3. The molecule has 2 aliphatic heterocycles. The number of amides is 2. The molecule has 9 heteroatoms. The molecule has 1 fully saturated rings. The minimum atomic E-state index is -1.49. The Bertz CT molecular complexity index is 952. The quantitative estimate of drug-likeness (QED) is 0.769. The zero-order chi connectivity index (χ0) is 20.5. The summed E-state index contributed by atoms with van der Waals surface area (Å²) in [6, 6.07) is 6.91. The SMILES string of the molecule is O=C1COc2ccc(NC(=O)C3CCN(c4cc(F)c(F)c(F)c4)CC3)cc2N1. The summed E-state index contributed by atoms with van der Waals surface area (Å²) in [5, 5.41) is 5.50. The van der Waals surface area contributed by atoms with Crippen LogP contribution in [0.15, 0.2) is 30.3 Å². The number of carbonyl (C=O) groups is 2. The van der Waals surface area contributed by atoms with E-state index >= 15 is 0 Å². The van der Waals surface area contributed by atoms with Gasteiger partial charge in [0.1, 0.15) is 5.75 Å². The predicted octanol–water partition coefficient (Wildman–Crippen LogP) is 3.29. The summed E-state index contributed by atoms with van der Waals surface area (Å²) in [6.07, 6.45) is 0.967. The van der Waals surface area contributed by atoms with Gasteiger partial charge in [0.2, 0.25) is 5.91 Å². The van der Waals surface area contributed by atoms with E-state index in [1.165, 1.54) is 0 Å². The van der Waals surface area contributed by atoms with E-state index in [1.807, 2.05) is 0 Å². The number of hydrogen-bond acceptors (Lipinski definition) is 4. The van der Waals surface area contributed by atoms with Crippen LogP contribution in [0.3, 0.4) is 0 Å². The normalized spacial score (nSPS) is 16.7. The molecule has 2 aromatic carbocycles. The molecule has 2 aliphatic rings. The van der Waals surface area contributed by atoms with Gasteiger partial charge in [-0.3, -0.25) is 9.59 Å². The zero-order valence-corrected chi connectivity index (χ0v) is 15.3. The highest BCUT2D eigenvalue weighted by Crippen LogP contribution is 2.31. The Morgan fingerprint density at radius 1 is 1.10 bits per heavy atom. The average Bonchev–Trinajstić information content (AvgIpc) is 2.71. The number of hydrogen-bond donors (Lipinski definition) is 2. The Balaban J connectivity index is 1.37. The average molecular weight is 405 g/mol. The van der Waals surface area contributed by atoms with E-state index in [9.17, 15) is 22.8 Å². The molecule has 0 atom stereocenters. The Kier molecular flexibility index (Phi) is 5.04. The van der Waals surface area contributed by atoms with Crippen molar-refractivity contribution in [2.24, 2.45) is 5.92 Å². The summed E-state index contributed by atoms with van der Waals surface area (Å²) in [5.74, 6) is -4.13. The van der Waals surface area contributed by atoms with Gasteiger partial charge in [-0.15, -0.1) is 0 Å². The number of benzene rings is 2. The molecule has 6 nitrogen and oxygen atoms in total. The van der Waals surface area contributed by atoms with Crippen LogP contribution in [-0.2, 0) is 9.59 Å². The number of fused-ring (bicyclic) bond motifs is 1. The fourth-order valence-electron chi connectivity index (χ4n) is 3.53. The smallest absolute Gasteiger partial charge is 0.262 e. The number of carbonyl (C=O) groups excluding carboxylic acids is 2. The predicted molar refractivity (Wildman–Crippen MR) is 100 cm³/mol. The van der Waals surface area contributed by atoms with Crippen LogP contribution in [0.2, 0.25) is 0 Å². The van der Waals surface area contributed by atoms with Crippen molar-refractivity contribution < 1.29 is 27.5 Å². The van der Waals surface area contributed by atoms with Gasteiger partial charge in [-0.05, 0) is 31.0 Å². The van der Waals surface area contributed by atoms with Crippen LogP contribution in [0.1, 0.15) is 12.8 Å². The summed E-state index contributed by atoms with van der Waals surface area (Å²) < 4.78 is 45.3. The maximum absolute atomic E-state index is 13.4. The molecule has 0 saturated carbocycles. The van der Waals surface area contributed by atoms with E-state index in [2.05, 4.69) is 10.6 Å². The van der Waals surface area contributed by atoms with Crippen molar-refractivity contribution in [1.29, 1.82) is 0 Å². The Hall–Kier alpha value is -3.23. The molecule has 0 spiro atoms. The van der Waals surface area contributed by atoms with Crippen LogP contribution in [-0.4, -0.2) is 31.5 Å². The minimum absolute atomic E-state index is 0.0425. The van der Waals surface area contributed by atoms with Crippen molar-refractivity contribution in [3.05, 3.63) is 47.8 Å². The molecule has 0 unspecified atom stereocenters.